The minimum Gasteiger partial charge on any atom is -0.398 e. The van der Waals surface area contributed by atoms with Gasteiger partial charge in [-0.1, -0.05) is 48.0 Å². The van der Waals surface area contributed by atoms with Crippen LogP contribution in [0.2, 0.25) is 5.02 Å². The molecule has 0 spiro atoms. The lowest BCUT2D eigenvalue weighted by atomic mass is 9.98. The van der Waals surface area contributed by atoms with Crippen molar-refractivity contribution >= 4 is 17.3 Å². The molecule has 0 aliphatic carbocycles. The van der Waals surface area contributed by atoms with Gasteiger partial charge < -0.3 is 5.73 Å². The summed E-state index contributed by atoms with van der Waals surface area (Å²) in [6.07, 6.45) is 1.82. The molecule has 3 nitrogen and oxygen atoms in total. The van der Waals surface area contributed by atoms with Gasteiger partial charge in [-0.3, -0.25) is 11.3 Å². The average Bonchev–Trinajstić information content (AvgIpc) is 2.42. The van der Waals surface area contributed by atoms with Crippen LogP contribution in [0.4, 0.5) is 5.69 Å². The molecular formula is C15H18ClN3. The first-order chi connectivity index (χ1) is 9.20. The van der Waals surface area contributed by atoms with E-state index in [1.165, 1.54) is 5.56 Å². The number of hydrazine groups is 1. The van der Waals surface area contributed by atoms with Crippen LogP contribution in [0.3, 0.4) is 0 Å². The summed E-state index contributed by atoms with van der Waals surface area (Å²) >= 11 is 5.91. The topological polar surface area (TPSA) is 64.1 Å². The molecule has 5 N–H and O–H groups in total. The molecule has 0 saturated carbocycles. The molecule has 0 fully saturated rings. The van der Waals surface area contributed by atoms with Crippen molar-refractivity contribution in [2.24, 2.45) is 5.84 Å². The number of hydrogen-bond acceptors (Lipinski definition) is 3. The third-order valence-electron chi connectivity index (χ3n) is 3.19. The van der Waals surface area contributed by atoms with Crippen LogP contribution in [0.5, 0.6) is 0 Å². The fraction of sp³-hybridized carbons (Fsp3) is 0.200. The number of hydrogen-bond donors (Lipinski definition) is 3. The van der Waals surface area contributed by atoms with E-state index in [1.807, 2.05) is 30.3 Å². The fourth-order valence-corrected chi connectivity index (χ4v) is 2.33. The van der Waals surface area contributed by atoms with Gasteiger partial charge in [-0.2, -0.15) is 0 Å². The van der Waals surface area contributed by atoms with E-state index in [0.717, 1.165) is 18.4 Å². The maximum atomic E-state index is 5.99. The first-order valence-corrected chi connectivity index (χ1v) is 6.63. The largest absolute Gasteiger partial charge is 0.398 e. The van der Waals surface area contributed by atoms with E-state index in [4.69, 9.17) is 23.2 Å². The Labute approximate surface area is 118 Å². The summed E-state index contributed by atoms with van der Waals surface area (Å²) in [4.78, 5) is 0. The maximum absolute atomic E-state index is 5.99. The van der Waals surface area contributed by atoms with Crippen LogP contribution in [0.25, 0.3) is 0 Å². The predicted octanol–water partition coefficient (Wildman–Crippen LogP) is 3.06. The molecule has 0 saturated heterocycles. The summed E-state index contributed by atoms with van der Waals surface area (Å²) in [5.41, 5.74) is 11.8. The van der Waals surface area contributed by atoms with E-state index < -0.39 is 0 Å². The Bertz CT molecular complexity index is 528. The molecule has 0 bridgehead atoms. The molecule has 0 heterocycles. The average molecular weight is 276 g/mol. The summed E-state index contributed by atoms with van der Waals surface area (Å²) in [5, 5.41) is 0.639. The molecule has 2 aromatic rings. The van der Waals surface area contributed by atoms with E-state index in [-0.39, 0.29) is 6.04 Å². The fourth-order valence-electron chi connectivity index (χ4n) is 2.15. The van der Waals surface area contributed by atoms with Crippen molar-refractivity contribution in [3.63, 3.8) is 0 Å². The molecule has 0 aliphatic heterocycles. The molecule has 4 heteroatoms. The van der Waals surface area contributed by atoms with Crippen molar-refractivity contribution in [2.45, 2.75) is 18.9 Å². The van der Waals surface area contributed by atoms with Crippen LogP contribution < -0.4 is 17.0 Å². The Morgan fingerprint density at radius 3 is 2.47 bits per heavy atom. The minimum atomic E-state index is 0.0254. The zero-order chi connectivity index (χ0) is 13.7. The second-order valence-corrected chi connectivity index (χ2v) is 4.95. The number of halogens is 1. The number of benzene rings is 2. The lowest BCUT2D eigenvalue weighted by Crippen LogP contribution is -2.29. The Morgan fingerprint density at radius 2 is 1.84 bits per heavy atom. The molecular weight excluding hydrogens is 258 g/mol. The maximum Gasteiger partial charge on any atom is 0.0483 e. The Morgan fingerprint density at radius 1 is 1.11 bits per heavy atom. The van der Waals surface area contributed by atoms with E-state index in [1.54, 1.807) is 6.07 Å². The van der Waals surface area contributed by atoms with Gasteiger partial charge in [0.1, 0.15) is 0 Å². The van der Waals surface area contributed by atoms with Crippen LogP contribution in [0, 0.1) is 0 Å². The van der Waals surface area contributed by atoms with E-state index in [0.29, 0.717) is 10.7 Å². The quantitative estimate of drug-likeness (QED) is 0.446. The van der Waals surface area contributed by atoms with E-state index in [2.05, 4.69) is 17.6 Å². The monoisotopic (exact) mass is 275 g/mol. The zero-order valence-electron chi connectivity index (χ0n) is 10.6. The number of nitrogens with one attached hydrogen (secondary N) is 1. The molecule has 2 aromatic carbocycles. The highest BCUT2D eigenvalue weighted by Gasteiger charge is 2.13. The normalized spacial score (nSPS) is 12.3. The Hall–Kier alpha value is -1.55. The summed E-state index contributed by atoms with van der Waals surface area (Å²) in [7, 11) is 0. The van der Waals surface area contributed by atoms with Gasteiger partial charge in [-0.15, -0.1) is 0 Å². The van der Waals surface area contributed by atoms with Crippen molar-refractivity contribution in [1.82, 2.24) is 5.43 Å². The zero-order valence-corrected chi connectivity index (χ0v) is 11.4. The summed E-state index contributed by atoms with van der Waals surface area (Å²) in [6, 6.07) is 15.8. The highest BCUT2D eigenvalue weighted by atomic mass is 35.5. The van der Waals surface area contributed by atoms with Crippen molar-refractivity contribution in [3.8, 4) is 0 Å². The Balaban J connectivity index is 2.08. The highest BCUT2D eigenvalue weighted by molar-refractivity contribution is 6.30. The van der Waals surface area contributed by atoms with Crippen molar-refractivity contribution < 1.29 is 0 Å². The van der Waals surface area contributed by atoms with Crippen molar-refractivity contribution in [1.29, 1.82) is 0 Å². The lowest BCUT2D eigenvalue weighted by Gasteiger charge is -2.18. The van der Waals surface area contributed by atoms with Gasteiger partial charge in [0.25, 0.3) is 0 Å². The van der Waals surface area contributed by atoms with Gasteiger partial charge in [-0.25, -0.2) is 0 Å². The summed E-state index contributed by atoms with van der Waals surface area (Å²) in [5.74, 6) is 5.64. The second kappa shape index (κ2) is 6.57. The van der Waals surface area contributed by atoms with E-state index in [9.17, 15) is 0 Å². The van der Waals surface area contributed by atoms with Gasteiger partial charge in [0.05, 0.1) is 0 Å². The van der Waals surface area contributed by atoms with Crippen molar-refractivity contribution in [3.05, 3.63) is 64.7 Å². The Kier molecular flexibility index (Phi) is 4.80. The van der Waals surface area contributed by atoms with Gasteiger partial charge in [0.15, 0.2) is 0 Å². The third-order valence-corrected chi connectivity index (χ3v) is 3.43. The molecule has 2 rings (SSSR count). The van der Waals surface area contributed by atoms with Gasteiger partial charge in [0, 0.05) is 16.8 Å². The first kappa shape index (κ1) is 13.9. The molecule has 1 unspecified atom stereocenters. The van der Waals surface area contributed by atoms with Gasteiger partial charge in [0.2, 0.25) is 0 Å². The highest BCUT2D eigenvalue weighted by Crippen LogP contribution is 2.26. The summed E-state index contributed by atoms with van der Waals surface area (Å²) < 4.78 is 0. The van der Waals surface area contributed by atoms with Crippen LogP contribution >= 0.6 is 11.6 Å². The van der Waals surface area contributed by atoms with Crippen LogP contribution in [0.15, 0.2) is 48.5 Å². The van der Waals surface area contributed by atoms with Crippen molar-refractivity contribution in [2.75, 3.05) is 5.73 Å². The number of nitrogens with two attached hydrogens (primary N) is 2. The number of anilines is 1. The predicted molar refractivity (Wildman–Crippen MR) is 80.7 cm³/mol. The smallest absolute Gasteiger partial charge is 0.0483 e. The standard InChI is InChI=1S/C15H18ClN3/c16-12-7-8-13(14(17)10-12)15(19-18)9-6-11-4-2-1-3-5-11/h1-5,7-8,10,15,19H,6,9,17-18H2. The van der Waals surface area contributed by atoms with Crippen LogP contribution in [-0.2, 0) is 6.42 Å². The molecule has 0 amide bonds. The third kappa shape index (κ3) is 3.70. The van der Waals surface area contributed by atoms with Gasteiger partial charge >= 0.3 is 0 Å². The molecule has 1 atom stereocenters. The van der Waals surface area contributed by atoms with Gasteiger partial charge in [-0.05, 0) is 36.1 Å². The first-order valence-electron chi connectivity index (χ1n) is 6.25. The SMILES string of the molecule is NNC(CCc1ccccc1)c1ccc(Cl)cc1N. The van der Waals surface area contributed by atoms with E-state index >= 15 is 0 Å². The number of aryl methyl sites for hydroxylation is 1. The van der Waals surface area contributed by atoms with Crippen LogP contribution in [-0.4, -0.2) is 0 Å². The molecule has 0 aromatic heterocycles. The van der Waals surface area contributed by atoms with Crippen LogP contribution in [0.1, 0.15) is 23.6 Å². The molecule has 0 radical (unpaired) electrons. The summed E-state index contributed by atoms with van der Waals surface area (Å²) in [6.45, 7) is 0. The number of nitrogen functional groups attached to an aromatic ring is 1. The lowest BCUT2D eigenvalue weighted by molar-refractivity contribution is 0.518. The minimum absolute atomic E-state index is 0.0254. The second-order valence-electron chi connectivity index (χ2n) is 4.52. The molecule has 0 aliphatic rings. The molecule has 100 valence electrons. The molecule has 19 heavy (non-hydrogen) atoms. The number of rotatable bonds is 5.